The summed E-state index contributed by atoms with van der Waals surface area (Å²) in [5, 5.41) is 6.29. The normalized spacial score (nSPS) is 14.3. The molecule has 1 aromatic carbocycles. The molecule has 0 spiro atoms. The predicted octanol–water partition coefficient (Wildman–Crippen LogP) is 3.74. The number of aryl methyl sites for hydroxylation is 1. The number of carbonyl (C=O) groups excluding carboxylic acids is 2. The molecule has 1 aliphatic heterocycles. The van der Waals surface area contributed by atoms with Crippen LogP contribution in [0.5, 0.6) is 0 Å². The van der Waals surface area contributed by atoms with Gasteiger partial charge >= 0.3 is 6.09 Å². The Balaban J connectivity index is 1.55. The minimum absolute atomic E-state index is 0.0411. The summed E-state index contributed by atoms with van der Waals surface area (Å²) in [4.78, 5) is 30.4. The van der Waals surface area contributed by atoms with Gasteiger partial charge in [0.15, 0.2) is 0 Å². The van der Waals surface area contributed by atoms with Crippen molar-refractivity contribution in [3.8, 4) is 0 Å². The Morgan fingerprint density at radius 2 is 1.86 bits per heavy atom. The molecule has 1 aromatic heterocycles. The van der Waals surface area contributed by atoms with Crippen molar-refractivity contribution in [1.82, 2.24) is 15.2 Å². The Morgan fingerprint density at radius 3 is 2.52 bits per heavy atom. The summed E-state index contributed by atoms with van der Waals surface area (Å²) in [7, 11) is 0. The highest BCUT2D eigenvalue weighted by atomic mass is 16.6. The third-order valence-corrected chi connectivity index (χ3v) is 5.01. The highest BCUT2D eigenvalue weighted by Gasteiger charge is 2.24. The van der Waals surface area contributed by atoms with Gasteiger partial charge in [-0.2, -0.15) is 0 Å². The Morgan fingerprint density at radius 1 is 1.14 bits per heavy atom. The summed E-state index contributed by atoms with van der Waals surface area (Å²) in [6, 6.07) is 11.6. The Hall–Kier alpha value is -3.09. The molecule has 154 valence electrons. The number of rotatable bonds is 6. The highest BCUT2D eigenvalue weighted by molar-refractivity contribution is 5.95. The first kappa shape index (κ1) is 20.6. The molecule has 3 rings (SSSR count). The molecule has 0 radical (unpaired) electrons. The molecule has 1 saturated heterocycles. The van der Waals surface area contributed by atoms with Gasteiger partial charge < -0.3 is 20.3 Å². The number of nitrogens with zero attached hydrogens (tertiary/aromatic N) is 2. The van der Waals surface area contributed by atoms with Gasteiger partial charge in [0.05, 0.1) is 6.61 Å². The van der Waals surface area contributed by atoms with E-state index in [1.165, 1.54) is 5.56 Å². The second kappa shape index (κ2) is 9.91. The van der Waals surface area contributed by atoms with Crippen molar-refractivity contribution in [3.63, 3.8) is 0 Å². The van der Waals surface area contributed by atoms with Crippen LogP contribution >= 0.6 is 0 Å². The highest BCUT2D eigenvalue weighted by Crippen LogP contribution is 2.17. The summed E-state index contributed by atoms with van der Waals surface area (Å²) < 4.78 is 5.03. The van der Waals surface area contributed by atoms with E-state index in [4.69, 9.17) is 4.74 Å². The van der Waals surface area contributed by atoms with Crippen LogP contribution in [0.2, 0.25) is 0 Å². The number of aromatic nitrogens is 1. The Labute approximate surface area is 171 Å². The average molecular weight is 396 g/mol. The second-order valence-electron chi connectivity index (χ2n) is 7.04. The zero-order chi connectivity index (χ0) is 20.6. The van der Waals surface area contributed by atoms with Gasteiger partial charge in [-0.15, -0.1) is 0 Å². The topological polar surface area (TPSA) is 83.6 Å². The van der Waals surface area contributed by atoms with Crippen LogP contribution in [-0.4, -0.2) is 47.6 Å². The third-order valence-electron chi connectivity index (χ3n) is 5.01. The number of ether oxygens (including phenoxy) is 1. The first-order chi connectivity index (χ1) is 14.1. The standard InChI is InChI=1S/C22H28N4O3/c1-3-16-5-7-18(8-6-16)24-20-15-17(9-12-23-20)21(27)25-19-10-13-26(14-11-19)22(28)29-4-2/h5-9,12,15,19H,3-4,10-11,13-14H2,1-2H3,(H,23,24)(H,25,27). The minimum atomic E-state index is -0.283. The fourth-order valence-electron chi connectivity index (χ4n) is 3.30. The number of carbonyl (C=O) groups is 2. The van der Waals surface area contributed by atoms with Crippen LogP contribution in [0.15, 0.2) is 42.6 Å². The van der Waals surface area contributed by atoms with Crippen molar-refractivity contribution in [2.24, 2.45) is 0 Å². The number of piperidine rings is 1. The van der Waals surface area contributed by atoms with E-state index in [0.717, 1.165) is 12.1 Å². The summed E-state index contributed by atoms with van der Waals surface area (Å²) >= 11 is 0. The summed E-state index contributed by atoms with van der Waals surface area (Å²) in [6.07, 6.45) is 3.76. The number of pyridine rings is 1. The van der Waals surface area contributed by atoms with Gasteiger partial charge in [-0.1, -0.05) is 19.1 Å². The van der Waals surface area contributed by atoms with Crippen LogP contribution in [0.4, 0.5) is 16.3 Å². The Kier molecular flexibility index (Phi) is 7.05. The lowest BCUT2D eigenvalue weighted by molar-refractivity contribution is 0.0860. The molecule has 2 N–H and O–H groups in total. The molecule has 1 fully saturated rings. The number of amides is 2. The molecule has 2 aromatic rings. The second-order valence-corrected chi connectivity index (χ2v) is 7.04. The molecule has 0 atom stereocenters. The number of hydrogen-bond donors (Lipinski definition) is 2. The largest absolute Gasteiger partial charge is 0.450 e. The van der Waals surface area contributed by atoms with E-state index in [0.29, 0.717) is 43.9 Å². The summed E-state index contributed by atoms with van der Waals surface area (Å²) in [5.41, 5.74) is 2.75. The fraction of sp³-hybridized carbons (Fsp3) is 0.409. The zero-order valence-electron chi connectivity index (χ0n) is 17.0. The molecule has 2 heterocycles. The van der Waals surface area contributed by atoms with Crippen molar-refractivity contribution in [2.75, 3.05) is 25.0 Å². The quantitative estimate of drug-likeness (QED) is 0.777. The van der Waals surface area contributed by atoms with Crippen molar-refractivity contribution < 1.29 is 14.3 Å². The molecule has 1 aliphatic rings. The molecular formula is C22H28N4O3. The van der Waals surface area contributed by atoms with Gasteiger partial charge in [-0.25, -0.2) is 9.78 Å². The number of hydrogen-bond acceptors (Lipinski definition) is 5. The van der Waals surface area contributed by atoms with Crippen molar-refractivity contribution >= 4 is 23.5 Å². The van der Waals surface area contributed by atoms with Crippen LogP contribution in [0.25, 0.3) is 0 Å². The van der Waals surface area contributed by atoms with Crippen LogP contribution in [0.3, 0.4) is 0 Å². The maximum Gasteiger partial charge on any atom is 0.409 e. The molecule has 7 heteroatoms. The van der Waals surface area contributed by atoms with E-state index in [9.17, 15) is 9.59 Å². The summed E-state index contributed by atoms with van der Waals surface area (Å²) in [5.74, 6) is 0.491. The molecular weight excluding hydrogens is 368 g/mol. The van der Waals surface area contributed by atoms with E-state index in [-0.39, 0.29) is 18.0 Å². The van der Waals surface area contributed by atoms with Crippen molar-refractivity contribution in [1.29, 1.82) is 0 Å². The SMILES string of the molecule is CCOC(=O)N1CCC(NC(=O)c2ccnc(Nc3ccc(CC)cc3)c2)CC1. The lowest BCUT2D eigenvalue weighted by atomic mass is 10.0. The summed E-state index contributed by atoms with van der Waals surface area (Å²) in [6.45, 7) is 5.45. The molecule has 0 aliphatic carbocycles. The van der Waals surface area contributed by atoms with Crippen LogP contribution in [0.1, 0.15) is 42.6 Å². The van der Waals surface area contributed by atoms with E-state index in [1.807, 2.05) is 12.1 Å². The maximum absolute atomic E-state index is 12.6. The van der Waals surface area contributed by atoms with Gasteiger partial charge in [0.1, 0.15) is 5.82 Å². The molecule has 0 bridgehead atoms. The first-order valence-electron chi connectivity index (χ1n) is 10.1. The lowest BCUT2D eigenvalue weighted by Gasteiger charge is -2.31. The zero-order valence-corrected chi connectivity index (χ0v) is 17.0. The van der Waals surface area contributed by atoms with Gasteiger partial charge in [0.25, 0.3) is 5.91 Å². The van der Waals surface area contributed by atoms with E-state index in [1.54, 1.807) is 30.2 Å². The average Bonchev–Trinajstić information content (AvgIpc) is 2.75. The van der Waals surface area contributed by atoms with Crippen molar-refractivity contribution in [2.45, 2.75) is 39.2 Å². The van der Waals surface area contributed by atoms with Gasteiger partial charge in [0, 0.05) is 36.6 Å². The van der Waals surface area contributed by atoms with Crippen LogP contribution in [0, 0.1) is 0 Å². The van der Waals surface area contributed by atoms with Gasteiger partial charge in [0.2, 0.25) is 0 Å². The third kappa shape index (κ3) is 5.70. The molecule has 0 unspecified atom stereocenters. The Bertz CT molecular complexity index is 830. The van der Waals surface area contributed by atoms with E-state index >= 15 is 0 Å². The predicted molar refractivity (Wildman–Crippen MR) is 112 cm³/mol. The van der Waals surface area contributed by atoms with Crippen LogP contribution < -0.4 is 10.6 Å². The van der Waals surface area contributed by atoms with E-state index < -0.39 is 0 Å². The number of anilines is 2. The lowest BCUT2D eigenvalue weighted by Crippen LogP contribution is -2.46. The molecule has 0 saturated carbocycles. The number of nitrogens with one attached hydrogen (secondary N) is 2. The number of likely N-dealkylation sites (tertiary alicyclic amines) is 1. The van der Waals surface area contributed by atoms with Gasteiger partial charge in [-0.05, 0) is 56.0 Å². The van der Waals surface area contributed by atoms with Crippen LogP contribution in [-0.2, 0) is 11.2 Å². The first-order valence-corrected chi connectivity index (χ1v) is 10.1. The van der Waals surface area contributed by atoms with Gasteiger partial charge in [-0.3, -0.25) is 4.79 Å². The fourth-order valence-corrected chi connectivity index (χ4v) is 3.30. The minimum Gasteiger partial charge on any atom is -0.450 e. The number of benzene rings is 1. The molecule has 29 heavy (non-hydrogen) atoms. The monoisotopic (exact) mass is 396 g/mol. The smallest absolute Gasteiger partial charge is 0.409 e. The molecule has 7 nitrogen and oxygen atoms in total. The molecule has 2 amide bonds. The maximum atomic E-state index is 12.6. The van der Waals surface area contributed by atoms with Crippen molar-refractivity contribution in [3.05, 3.63) is 53.7 Å². The van der Waals surface area contributed by atoms with E-state index in [2.05, 4.69) is 34.7 Å².